The summed E-state index contributed by atoms with van der Waals surface area (Å²) in [6.07, 6.45) is -1.07. The number of para-hydroxylation sites is 1. The molecule has 0 bridgehead atoms. The molecule has 0 aromatic heterocycles. The van der Waals surface area contributed by atoms with Crippen molar-refractivity contribution < 1.29 is 22.7 Å². The second-order valence-electron chi connectivity index (χ2n) is 6.76. The number of halogens is 1. The summed E-state index contributed by atoms with van der Waals surface area (Å²) in [5, 5.41) is 0.393. The molecule has 31 heavy (non-hydrogen) atoms. The zero-order valence-corrected chi connectivity index (χ0v) is 18.4. The number of anilines is 1. The Balaban J connectivity index is 1.79. The lowest BCUT2D eigenvalue weighted by atomic mass is 10.1. The molecule has 0 N–H and O–H groups in total. The van der Waals surface area contributed by atoms with Crippen molar-refractivity contribution in [3.8, 4) is 0 Å². The Morgan fingerprint density at radius 3 is 2.23 bits per heavy atom. The lowest BCUT2D eigenvalue weighted by Crippen LogP contribution is -2.27. The average Bonchev–Trinajstić information content (AvgIpc) is 2.78. The molecule has 0 aliphatic rings. The van der Waals surface area contributed by atoms with Gasteiger partial charge in [0, 0.05) is 17.6 Å². The molecular weight excluding hydrogens is 438 g/mol. The van der Waals surface area contributed by atoms with Crippen molar-refractivity contribution in [2.24, 2.45) is 0 Å². The topological polar surface area (TPSA) is 80.8 Å². The van der Waals surface area contributed by atoms with Crippen LogP contribution in [0.1, 0.15) is 27.6 Å². The monoisotopic (exact) mass is 457 g/mol. The van der Waals surface area contributed by atoms with Gasteiger partial charge in [-0.1, -0.05) is 48.0 Å². The van der Waals surface area contributed by atoms with Gasteiger partial charge in [-0.2, -0.15) is 0 Å². The average molecular weight is 458 g/mol. The second-order valence-corrected chi connectivity index (χ2v) is 9.16. The fraction of sp³-hybridized carbons (Fsp3) is 0.130. The Bertz CT molecular complexity index is 1210. The first-order valence-corrected chi connectivity index (χ1v) is 11.2. The van der Waals surface area contributed by atoms with E-state index < -0.39 is 27.9 Å². The van der Waals surface area contributed by atoms with Crippen molar-refractivity contribution in [3.05, 3.63) is 95.0 Å². The van der Waals surface area contributed by atoms with E-state index >= 15 is 0 Å². The molecule has 0 radical (unpaired) electrons. The minimum absolute atomic E-state index is 0.0216. The summed E-state index contributed by atoms with van der Waals surface area (Å²) in [5.41, 5.74) is 0.818. The first-order valence-electron chi connectivity index (χ1n) is 9.35. The number of Topliss-reactive ketones (excluding diaryl/α,β-unsaturated/α-hetero) is 1. The molecule has 3 aromatic rings. The molecule has 1 atom stereocenters. The van der Waals surface area contributed by atoms with Gasteiger partial charge in [0.25, 0.3) is 10.0 Å². The molecule has 0 aliphatic heterocycles. The zero-order valence-electron chi connectivity index (χ0n) is 16.9. The minimum Gasteiger partial charge on any atom is -0.451 e. The van der Waals surface area contributed by atoms with Crippen molar-refractivity contribution >= 4 is 39.1 Å². The summed E-state index contributed by atoms with van der Waals surface area (Å²) in [4.78, 5) is 25.0. The molecule has 0 saturated heterocycles. The summed E-state index contributed by atoms with van der Waals surface area (Å²) in [7, 11) is -2.46. The van der Waals surface area contributed by atoms with Gasteiger partial charge in [0.2, 0.25) is 5.78 Å². The molecule has 0 amide bonds. The van der Waals surface area contributed by atoms with Crippen LogP contribution in [0.25, 0.3) is 0 Å². The van der Waals surface area contributed by atoms with Crippen LogP contribution in [0.4, 0.5) is 5.69 Å². The first-order chi connectivity index (χ1) is 14.7. The van der Waals surface area contributed by atoms with Crippen LogP contribution in [-0.4, -0.2) is 33.3 Å². The van der Waals surface area contributed by atoms with Crippen LogP contribution < -0.4 is 4.31 Å². The highest BCUT2D eigenvalue weighted by Gasteiger charge is 2.24. The smallest absolute Gasteiger partial charge is 0.338 e. The molecule has 8 heteroatoms. The van der Waals surface area contributed by atoms with E-state index in [4.69, 9.17) is 16.3 Å². The highest BCUT2D eigenvalue weighted by molar-refractivity contribution is 7.92. The van der Waals surface area contributed by atoms with Gasteiger partial charge in [0.15, 0.2) is 6.10 Å². The third-order valence-electron chi connectivity index (χ3n) is 4.61. The van der Waals surface area contributed by atoms with Crippen LogP contribution >= 0.6 is 11.6 Å². The van der Waals surface area contributed by atoms with E-state index in [1.807, 2.05) is 0 Å². The minimum atomic E-state index is -3.90. The Labute approximate surface area is 186 Å². The highest BCUT2D eigenvalue weighted by Crippen LogP contribution is 2.23. The van der Waals surface area contributed by atoms with E-state index in [1.54, 1.807) is 48.5 Å². The lowest BCUT2D eigenvalue weighted by Gasteiger charge is -2.20. The number of ketones is 1. The molecule has 6 nitrogen and oxygen atoms in total. The highest BCUT2D eigenvalue weighted by atomic mass is 35.5. The van der Waals surface area contributed by atoms with E-state index in [0.29, 0.717) is 16.3 Å². The van der Waals surface area contributed by atoms with Gasteiger partial charge in [-0.3, -0.25) is 9.10 Å². The van der Waals surface area contributed by atoms with Crippen LogP contribution in [-0.2, 0) is 14.8 Å². The number of sulfonamides is 1. The molecule has 3 aromatic carbocycles. The maximum atomic E-state index is 13.0. The van der Waals surface area contributed by atoms with Crippen molar-refractivity contribution in [1.29, 1.82) is 0 Å². The molecule has 1 unspecified atom stereocenters. The first kappa shape index (κ1) is 22.5. The SMILES string of the molecule is CC(OC(=O)c1cccc(S(=O)(=O)N(C)c2ccccc2)c1)C(=O)c1cccc(Cl)c1. The third-order valence-corrected chi connectivity index (χ3v) is 6.63. The van der Waals surface area contributed by atoms with Gasteiger partial charge in [-0.25, -0.2) is 13.2 Å². The van der Waals surface area contributed by atoms with Crippen molar-refractivity contribution in [3.63, 3.8) is 0 Å². The van der Waals surface area contributed by atoms with Crippen molar-refractivity contribution in [2.45, 2.75) is 17.9 Å². The van der Waals surface area contributed by atoms with Crippen LogP contribution in [0.3, 0.4) is 0 Å². The van der Waals surface area contributed by atoms with E-state index in [-0.39, 0.29) is 10.5 Å². The molecular formula is C23H20ClNO5S. The molecule has 0 saturated carbocycles. The quantitative estimate of drug-likeness (QED) is 0.383. The van der Waals surface area contributed by atoms with E-state index in [9.17, 15) is 18.0 Å². The summed E-state index contributed by atoms with van der Waals surface area (Å²) < 4.78 is 32.3. The number of hydrogen-bond donors (Lipinski definition) is 0. The molecule has 0 aliphatic carbocycles. The number of carbonyl (C=O) groups excluding carboxylic acids is 2. The predicted octanol–water partition coefficient (Wildman–Crippen LogP) is 4.59. The van der Waals surface area contributed by atoms with Crippen LogP contribution in [0.15, 0.2) is 83.8 Å². The number of carbonyl (C=O) groups is 2. The normalized spacial score (nSPS) is 12.1. The van der Waals surface area contributed by atoms with Crippen molar-refractivity contribution in [2.75, 3.05) is 11.4 Å². The largest absolute Gasteiger partial charge is 0.451 e. The third kappa shape index (κ3) is 5.13. The van der Waals surface area contributed by atoms with E-state index in [2.05, 4.69) is 0 Å². The second kappa shape index (κ2) is 9.32. The van der Waals surface area contributed by atoms with E-state index in [1.165, 1.54) is 44.3 Å². The fourth-order valence-corrected chi connectivity index (χ4v) is 4.31. The van der Waals surface area contributed by atoms with Gasteiger partial charge in [0.1, 0.15) is 0 Å². The number of rotatable bonds is 7. The van der Waals surface area contributed by atoms with Crippen LogP contribution in [0.5, 0.6) is 0 Å². The molecule has 3 rings (SSSR count). The zero-order chi connectivity index (χ0) is 22.6. The molecule has 0 fully saturated rings. The maximum Gasteiger partial charge on any atom is 0.338 e. The summed E-state index contributed by atoms with van der Waals surface area (Å²) >= 11 is 5.90. The van der Waals surface area contributed by atoms with Gasteiger partial charge >= 0.3 is 5.97 Å². The fourth-order valence-electron chi connectivity index (χ4n) is 2.88. The van der Waals surface area contributed by atoms with Crippen LogP contribution in [0.2, 0.25) is 5.02 Å². The molecule has 0 heterocycles. The Morgan fingerprint density at radius 1 is 0.903 bits per heavy atom. The summed E-state index contributed by atoms with van der Waals surface area (Å²) in [6.45, 7) is 1.45. The standard InChI is InChI=1S/C23H20ClNO5S/c1-16(22(26)17-8-6-10-19(24)14-17)30-23(27)18-9-7-13-21(15-18)31(28,29)25(2)20-11-4-3-5-12-20/h3-16H,1-2H3. The van der Waals surface area contributed by atoms with Gasteiger partial charge in [-0.15, -0.1) is 0 Å². The number of benzene rings is 3. The number of ether oxygens (including phenoxy) is 1. The summed E-state index contributed by atoms with van der Waals surface area (Å²) in [5.74, 6) is -1.22. The van der Waals surface area contributed by atoms with Gasteiger partial charge in [0.05, 0.1) is 16.1 Å². The Morgan fingerprint density at radius 2 is 1.55 bits per heavy atom. The summed E-state index contributed by atoms with van der Waals surface area (Å²) in [6, 6.07) is 20.4. The number of esters is 1. The van der Waals surface area contributed by atoms with E-state index in [0.717, 1.165) is 4.31 Å². The molecule has 0 spiro atoms. The Kier molecular flexibility index (Phi) is 6.77. The van der Waals surface area contributed by atoms with Crippen LogP contribution in [0, 0.1) is 0 Å². The molecule has 160 valence electrons. The predicted molar refractivity (Wildman–Crippen MR) is 119 cm³/mol. The van der Waals surface area contributed by atoms with Gasteiger partial charge < -0.3 is 4.74 Å². The number of nitrogens with zero attached hydrogens (tertiary/aromatic N) is 1. The van der Waals surface area contributed by atoms with Crippen molar-refractivity contribution in [1.82, 2.24) is 0 Å². The maximum absolute atomic E-state index is 13.0. The Hall–Kier alpha value is -3.16. The van der Waals surface area contributed by atoms with Gasteiger partial charge in [-0.05, 0) is 49.4 Å². The lowest BCUT2D eigenvalue weighted by molar-refractivity contribution is 0.0318. The number of hydrogen-bond acceptors (Lipinski definition) is 5.